The normalized spacial score (nSPS) is 12.9. The molecule has 0 fully saturated rings. The number of hydrogen-bond donors (Lipinski definition) is 2. The van der Waals surface area contributed by atoms with Crippen molar-refractivity contribution in [1.82, 2.24) is 9.62 Å². The number of thiophene rings is 1. The molecule has 6 nitrogen and oxygen atoms in total. The van der Waals surface area contributed by atoms with Crippen molar-refractivity contribution in [3.8, 4) is 0 Å². The highest BCUT2D eigenvalue weighted by molar-refractivity contribution is 7.89. The molecular weight excluding hydrogens is 310 g/mol. The third-order valence-electron chi connectivity index (χ3n) is 2.32. The zero-order valence-electron chi connectivity index (χ0n) is 10.9. The highest BCUT2D eigenvalue weighted by Gasteiger charge is 2.26. The Balaban J connectivity index is 0.00000324. The lowest BCUT2D eigenvalue weighted by molar-refractivity contribution is 0.0942. The van der Waals surface area contributed by atoms with Crippen molar-refractivity contribution in [2.75, 3.05) is 20.6 Å². The Hall–Kier alpha value is -0.670. The van der Waals surface area contributed by atoms with Crippen LogP contribution in [0.15, 0.2) is 16.3 Å². The maximum absolute atomic E-state index is 12.0. The minimum atomic E-state index is -3.60. The van der Waals surface area contributed by atoms with Gasteiger partial charge in [-0.2, -0.15) is 0 Å². The number of carbonyl (C=O) groups excluding carboxylic acids is 1. The monoisotopic (exact) mass is 327 g/mol. The SMILES string of the molecule is C[C@@H](CN)NC(=O)c1sccc1S(=O)(=O)N(C)C.Cl. The summed E-state index contributed by atoms with van der Waals surface area (Å²) in [6.45, 7) is 2.05. The summed E-state index contributed by atoms with van der Waals surface area (Å²) in [4.78, 5) is 12.1. The van der Waals surface area contributed by atoms with Crippen LogP contribution in [0.25, 0.3) is 0 Å². The zero-order chi connectivity index (χ0) is 13.9. The Morgan fingerprint density at radius 2 is 2.11 bits per heavy atom. The molecule has 19 heavy (non-hydrogen) atoms. The Morgan fingerprint density at radius 3 is 2.58 bits per heavy atom. The standard InChI is InChI=1S/C10H17N3O3S2.ClH/c1-7(6-11)12-10(14)9-8(4-5-17-9)18(15,16)13(2)3;/h4-5,7H,6,11H2,1-3H3,(H,12,14);1H/t7-;/m0./s1. The molecule has 1 aromatic rings. The molecule has 0 saturated carbocycles. The van der Waals surface area contributed by atoms with Crippen molar-refractivity contribution in [1.29, 1.82) is 0 Å². The summed E-state index contributed by atoms with van der Waals surface area (Å²) in [7, 11) is -0.745. The lowest BCUT2D eigenvalue weighted by Crippen LogP contribution is -2.38. The van der Waals surface area contributed by atoms with Crippen LogP contribution in [0.3, 0.4) is 0 Å². The number of carbonyl (C=O) groups is 1. The van der Waals surface area contributed by atoms with Crippen LogP contribution in [0.5, 0.6) is 0 Å². The average molecular weight is 328 g/mol. The number of nitrogens with zero attached hydrogens (tertiary/aromatic N) is 1. The van der Waals surface area contributed by atoms with E-state index >= 15 is 0 Å². The van der Waals surface area contributed by atoms with Crippen LogP contribution < -0.4 is 11.1 Å². The first-order valence-electron chi connectivity index (χ1n) is 5.31. The van der Waals surface area contributed by atoms with E-state index in [1.807, 2.05) is 0 Å². The lowest BCUT2D eigenvalue weighted by atomic mass is 10.3. The summed E-state index contributed by atoms with van der Waals surface area (Å²) in [6, 6.07) is 1.23. The fraction of sp³-hybridized carbons (Fsp3) is 0.500. The summed E-state index contributed by atoms with van der Waals surface area (Å²) in [5.74, 6) is -0.414. The molecule has 1 rings (SSSR count). The highest BCUT2D eigenvalue weighted by Crippen LogP contribution is 2.24. The van der Waals surface area contributed by atoms with Gasteiger partial charge in [-0.05, 0) is 18.4 Å². The molecule has 0 saturated heterocycles. The van der Waals surface area contributed by atoms with Gasteiger partial charge in [0, 0.05) is 26.7 Å². The molecule has 0 spiro atoms. The van der Waals surface area contributed by atoms with Gasteiger partial charge >= 0.3 is 0 Å². The average Bonchev–Trinajstić information content (AvgIpc) is 2.77. The van der Waals surface area contributed by atoms with Gasteiger partial charge in [0.15, 0.2) is 0 Å². The molecule has 3 N–H and O–H groups in total. The van der Waals surface area contributed by atoms with Crippen LogP contribution in [0.1, 0.15) is 16.6 Å². The molecule has 1 amide bonds. The van der Waals surface area contributed by atoms with E-state index in [2.05, 4.69) is 5.32 Å². The van der Waals surface area contributed by atoms with Gasteiger partial charge in [0.1, 0.15) is 9.77 Å². The summed E-state index contributed by atoms with van der Waals surface area (Å²) in [6.07, 6.45) is 0. The largest absolute Gasteiger partial charge is 0.348 e. The molecule has 0 unspecified atom stereocenters. The maximum atomic E-state index is 12.0. The van der Waals surface area contributed by atoms with Crippen LogP contribution >= 0.6 is 23.7 Å². The predicted octanol–water partition coefficient (Wildman–Crippen LogP) is 0.497. The second kappa shape index (κ2) is 7.20. The number of sulfonamides is 1. The molecule has 0 aliphatic carbocycles. The van der Waals surface area contributed by atoms with Gasteiger partial charge in [-0.15, -0.1) is 23.7 Å². The smallest absolute Gasteiger partial charge is 0.263 e. The predicted molar refractivity (Wildman–Crippen MR) is 78.4 cm³/mol. The summed E-state index contributed by atoms with van der Waals surface area (Å²) in [5, 5.41) is 4.23. The van der Waals surface area contributed by atoms with Gasteiger partial charge in [-0.3, -0.25) is 4.79 Å². The van der Waals surface area contributed by atoms with Gasteiger partial charge in [-0.25, -0.2) is 12.7 Å². The van der Waals surface area contributed by atoms with E-state index in [1.165, 1.54) is 20.2 Å². The molecule has 0 bridgehead atoms. The van der Waals surface area contributed by atoms with E-state index in [9.17, 15) is 13.2 Å². The summed E-state index contributed by atoms with van der Waals surface area (Å²) in [5.41, 5.74) is 5.41. The van der Waals surface area contributed by atoms with Crippen molar-refractivity contribution < 1.29 is 13.2 Å². The molecule has 9 heteroatoms. The van der Waals surface area contributed by atoms with Crippen LogP contribution in [0.2, 0.25) is 0 Å². The van der Waals surface area contributed by atoms with Crippen molar-refractivity contribution in [2.24, 2.45) is 5.73 Å². The Morgan fingerprint density at radius 1 is 1.53 bits per heavy atom. The minimum Gasteiger partial charge on any atom is -0.348 e. The van der Waals surface area contributed by atoms with Gasteiger partial charge in [0.05, 0.1) is 0 Å². The first kappa shape index (κ1) is 18.3. The molecule has 1 heterocycles. The number of rotatable bonds is 5. The summed E-state index contributed by atoms with van der Waals surface area (Å²) >= 11 is 1.10. The van der Waals surface area contributed by atoms with Crippen LogP contribution in [0.4, 0.5) is 0 Å². The Labute approximate surface area is 123 Å². The fourth-order valence-corrected chi connectivity index (χ4v) is 3.41. The number of nitrogens with one attached hydrogen (secondary N) is 1. The van der Waals surface area contributed by atoms with Gasteiger partial charge in [0.2, 0.25) is 10.0 Å². The molecule has 1 atom stereocenters. The van der Waals surface area contributed by atoms with E-state index in [4.69, 9.17) is 5.73 Å². The van der Waals surface area contributed by atoms with Gasteiger partial charge in [-0.1, -0.05) is 0 Å². The first-order valence-corrected chi connectivity index (χ1v) is 7.63. The second-order valence-corrected chi connectivity index (χ2v) is 7.05. The van der Waals surface area contributed by atoms with E-state index in [1.54, 1.807) is 12.3 Å². The third-order valence-corrected chi connectivity index (χ3v) is 5.22. The van der Waals surface area contributed by atoms with E-state index in [0.29, 0.717) is 6.54 Å². The number of halogens is 1. The molecule has 1 aromatic heterocycles. The van der Waals surface area contributed by atoms with Crippen molar-refractivity contribution in [3.63, 3.8) is 0 Å². The number of hydrogen-bond acceptors (Lipinski definition) is 5. The molecule has 0 radical (unpaired) electrons. The number of amides is 1. The zero-order valence-corrected chi connectivity index (χ0v) is 13.4. The van der Waals surface area contributed by atoms with Crippen molar-refractivity contribution >= 4 is 39.7 Å². The summed E-state index contributed by atoms with van der Waals surface area (Å²) < 4.78 is 25.1. The quantitative estimate of drug-likeness (QED) is 0.823. The third kappa shape index (κ3) is 4.15. The molecule has 110 valence electrons. The fourth-order valence-electron chi connectivity index (χ4n) is 1.21. The lowest BCUT2D eigenvalue weighted by Gasteiger charge is -2.14. The van der Waals surface area contributed by atoms with Gasteiger partial charge < -0.3 is 11.1 Å². The van der Waals surface area contributed by atoms with Crippen molar-refractivity contribution in [3.05, 3.63) is 16.3 Å². The first-order chi connectivity index (χ1) is 8.30. The Bertz CT molecular complexity index is 528. The van der Waals surface area contributed by atoms with E-state index in [0.717, 1.165) is 15.6 Å². The van der Waals surface area contributed by atoms with Crippen LogP contribution in [-0.2, 0) is 10.0 Å². The van der Waals surface area contributed by atoms with Crippen LogP contribution in [-0.4, -0.2) is 45.3 Å². The second-order valence-electron chi connectivity index (χ2n) is 4.01. The molecule has 0 aliphatic heterocycles. The maximum Gasteiger partial charge on any atom is 0.263 e. The minimum absolute atomic E-state index is 0. The van der Waals surface area contributed by atoms with E-state index < -0.39 is 15.9 Å². The van der Waals surface area contributed by atoms with Gasteiger partial charge in [0.25, 0.3) is 5.91 Å². The van der Waals surface area contributed by atoms with Crippen LogP contribution in [0, 0.1) is 0 Å². The molecular formula is C10H18ClN3O3S2. The molecule has 0 aromatic carbocycles. The van der Waals surface area contributed by atoms with E-state index in [-0.39, 0.29) is 28.2 Å². The number of nitrogens with two attached hydrogens (primary N) is 1. The molecule has 0 aliphatic rings. The Kier molecular flexibility index (Phi) is 6.95. The van der Waals surface area contributed by atoms with Crippen molar-refractivity contribution in [2.45, 2.75) is 17.9 Å². The topological polar surface area (TPSA) is 92.5 Å². The highest BCUT2D eigenvalue weighted by atomic mass is 35.5.